The summed E-state index contributed by atoms with van der Waals surface area (Å²) in [4.78, 5) is 39.3. The van der Waals surface area contributed by atoms with Gasteiger partial charge in [-0.05, 0) is 42.7 Å². The Bertz CT molecular complexity index is 1630. The molecule has 50 heavy (non-hydrogen) atoms. The molecule has 4 heterocycles. The summed E-state index contributed by atoms with van der Waals surface area (Å²) in [5, 5.41) is 0.570. The van der Waals surface area contributed by atoms with Gasteiger partial charge in [-0.1, -0.05) is 28.7 Å². The van der Waals surface area contributed by atoms with Gasteiger partial charge in [-0.25, -0.2) is 4.98 Å². The highest BCUT2D eigenvalue weighted by atomic mass is 35.5. The molecule has 0 saturated carbocycles. The summed E-state index contributed by atoms with van der Waals surface area (Å²) >= 11 is 5.26. The third-order valence-electron chi connectivity index (χ3n) is 9.00. The lowest BCUT2D eigenvalue weighted by molar-refractivity contribution is -0.134. The smallest absolute Gasteiger partial charge is 0.238 e. The van der Waals surface area contributed by atoms with Gasteiger partial charge in [0, 0.05) is 37.3 Å². The topological polar surface area (TPSA) is 157 Å². The molecular formula is C35H45ClN6O7S. The Hall–Kier alpha value is -3.26. The van der Waals surface area contributed by atoms with Gasteiger partial charge in [0.2, 0.25) is 11.8 Å². The van der Waals surface area contributed by atoms with Crippen molar-refractivity contribution in [3.63, 3.8) is 0 Å². The van der Waals surface area contributed by atoms with Gasteiger partial charge < -0.3 is 43.6 Å². The minimum Gasteiger partial charge on any atom is -0.616 e. The number of imidazole rings is 1. The van der Waals surface area contributed by atoms with Gasteiger partial charge in [0.25, 0.3) is 0 Å². The first-order valence-electron chi connectivity index (χ1n) is 16.9. The monoisotopic (exact) mass is 728 g/mol. The van der Waals surface area contributed by atoms with Gasteiger partial charge in [-0.2, -0.15) is 0 Å². The van der Waals surface area contributed by atoms with Crippen LogP contribution >= 0.6 is 11.6 Å². The number of nitrogens with two attached hydrogens (primary N) is 1. The molecule has 270 valence electrons. The zero-order valence-corrected chi connectivity index (χ0v) is 29.8. The fourth-order valence-corrected chi connectivity index (χ4v) is 7.61. The van der Waals surface area contributed by atoms with Crippen LogP contribution in [0.2, 0.25) is 5.02 Å². The molecule has 3 aromatic rings. The number of fused-ring (bicyclic) bond motifs is 3. The largest absolute Gasteiger partial charge is 0.616 e. The predicted octanol–water partition coefficient (Wildman–Crippen LogP) is 2.29. The number of likely N-dealkylation sites (tertiary alicyclic amines) is 1. The third kappa shape index (κ3) is 9.34. The SMILES string of the molecule is C#CCOCCOCCOCCOCC[S+]([O-])CCCn1c(CN2C(=O)C3(CCN(C(=O)CN)CC3)c3ccncc32)nc2cc(Cl)ccc21. The Morgan fingerprint density at radius 3 is 2.44 bits per heavy atom. The van der Waals surface area contributed by atoms with E-state index in [1.807, 2.05) is 24.3 Å². The average Bonchev–Trinajstić information content (AvgIpc) is 3.57. The summed E-state index contributed by atoms with van der Waals surface area (Å²) in [7, 11) is 0. The second-order valence-corrected chi connectivity index (χ2v) is 14.2. The van der Waals surface area contributed by atoms with E-state index in [0.29, 0.717) is 107 Å². The fourth-order valence-electron chi connectivity index (χ4n) is 6.49. The van der Waals surface area contributed by atoms with Gasteiger partial charge in [0.1, 0.15) is 23.9 Å². The normalized spacial score (nSPS) is 15.9. The van der Waals surface area contributed by atoms with Gasteiger partial charge in [0.05, 0.1) is 87.7 Å². The van der Waals surface area contributed by atoms with Crippen molar-refractivity contribution < 1.29 is 33.1 Å². The molecule has 0 aliphatic carbocycles. The predicted molar refractivity (Wildman–Crippen MR) is 191 cm³/mol. The fraction of sp³-hybridized carbons (Fsp3) is 0.543. The number of pyridine rings is 1. The minimum atomic E-state index is -1.07. The number of terminal acetylenes is 1. The highest BCUT2D eigenvalue weighted by Gasteiger charge is 2.52. The van der Waals surface area contributed by atoms with Crippen molar-refractivity contribution in [1.82, 2.24) is 19.4 Å². The summed E-state index contributed by atoms with van der Waals surface area (Å²) in [5.41, 5.74) is 8.18. The molecular weight excluding hydrogens is 684 g/mol. The van der Waals surface area contributed by atoms with Gasteiger partial charge >= 0.3 is 0 Å². The van der Waals surface area contributed by atoms with Crippen LogP contribution in [0.25, 0.3) is 11.0 Å². The number of anilines is 1. The minimum absolute atomic E-state index is 0.0149. The molecule has 2 amide bonds. The summed E-state index contributed by atoms with van der Waals surface area (Å²) < 4.78 is 36.5. The highest BCUT2D eigenvalue weighted by molar-refractivity contribution is 7.91. The summed E-state index contributed by atoms with van der Waals surface area (Å²) in [6.45, 7) is 5.01. The molecule has 13 nitrogen and oxygen atoms in total. The van der Waals surface area contributed by atoms with Crippen molar-refractivity contribution >= 4 is 51.3 Å². The van der Waals surface area contributed by atoms with Gasteiger partial charge in [-0.15, -0.1) is 6.42 Å². The number of rotatable bonds is 20. The molecule has 0 radical (unpaired) electrons. The van der Waals surface area contributed by atoms with E-state index in [0.717, 1.165) is 22.3 Å². The van der Waals surface area contributed by atoms with Crippen molar-refractivity contribution in [2.45, 2.75) is 37.8 Å². The van der Waals surface area contributed by atoms with E-state index < -0.39 is 16.6 Å². The molecule has 1 unspecified atom stereocenters. The Morgan fingerprint density at radius 2 is 1.74 bits per heavy atom. The van der Waals surface area contributed by atoms with E-state index in [9.17, 15) is 14.1 Å². The van der Waals surface area contributed by atoms with Crippen molar-refractivity contribution in [3.05, 3.63) is 53.1 Å². The summed E-state index contributed by atoms with van der Waals surface area (Å²) in [5.74, 6) is 3.89. The van der Waals surface area contributed by atoms with Crippen molar-refractivity contribution in [3.8, 4) is 12.3 Å². The molecule has 1 fully saturated rings. The van der Waals surface area contributed by atoms with E-state index in [-0.39, 0.29) is 31.5 Å². The van der Waals surface area contributed by atoms with Crippen LogP contribution in [0.15, 0.2) is 36.7 Å². The molecule has 2 aromatic heterocycles. The van der Waals surface area contributed by atoms with Crippen molar-refractivity contribution in [2.24, 2.45) is 5.73 Å². The Labute approximate surface area is 300 Å². The van der Waals surface area contributed by atoms with Gasteiger partial charge in [-0.3, -0.25) is 14.6 Å². The number of amides is 2. The van der Waals surface area contributed by atoms with E-state index >= 15 is 0 Å². The maximum Gasteiger partial charge on any atom is 0.238 e. The lowest BCUT2D eigenvalue weighted by Crippen LogP contribution is -2.51. The van der Waals surface area contributed by atoms with Crippen LogP contribution in [0.5, 0.6) is 0 Å². The number of hydrogen-bond donors (Lipinski definition) is 1. The number of ether oxygens (including phenoxy) is 4. The first-order valence-corrected chi connectivity index (χ1v) is 18.7. The van der Waals surface area contributed by atoms with E-state index in [1.54, 1.807) is 22.2 Å². The van der Waals surface area contributed by atoms with Crippen molar-refractivity contribution in [1.29, 1.82) is 0 Å². The number of carbonyl (C=O) groups excluding carboxylic acids is 2. The van der Waals surface area contributed by atoms with Crippen molar-refractivity contribution in [2.75, 3.05) is 88.9 Å². The van der Waals surface area contributed by atoms with Crippen LogP contribution in [0.4, 0.5) is 5.69 Å². The van der Waals surface area contributed by atoms with Crippen LogP contribution in [0, 0.1) is 12.3 Å². The molecule has 2 aliphatic heterocycles. The zero-order chi connectivity index (χ0) is 35.3. The van der Waals surface area contributed by atoms with Crippen LogP contribution in [0.1, 0.15) is 30.7 Å². The number of nitrogens with zero attached hydrogens (tertiary/aromatic N) is 5. The molecule has 5 rings (SSSR count). The number of benzene rings is 1. The zero-order valence-electron chi connectivity index (χ0n) is 28.2. The summed E-state index contributed by atoms with van der Waals surface area (Å²) in [6, 6.07) is 7.48. The number of piperidine rings is 1. The first-order chi connectivity index (χ1) is 24.4. The Morgan fingerprint density at radius 1 is 1.04 bits per heavy atom. The number of aromatic nitrogens is 3. The summed E-state index contributed by atoms with van der Waals surface area (Å²) in [6.07, 6.45) is 10.2. The highest BCUT2D eigenvalue weighted by Crippen LogP contribution is 2.48. The number of carbonyl (C=O) groups is 2. The molecule has 1 aromatic carbocycles. The molecule has 2 N–H and O–H groups in total. The second-order valence-electron chi connectivity index (χ2n) is 12.1. The standard InChI is InChI=1S/C35H45ClN6O7S/c1-2-13-46-14-15-47-16-17-48-18-19-49-20-22-50(45)21-3-10-41-30-5-4-27(36)23-29(30)39-32(41)26-42-31-25-38-9-6-28(31)35(34(42)44)7-11-40(12-8-35)33(43)24-37/h1,4-6,9,23,25H,3,7-8,10-22,24,26,37H2. The van der Waals surface area contributed by atoms with E-state index in [2.05, 4.69) is 15.5 Å². The Kier molecular flexibility index (Phi) is 14.3. The number of halogens is 1. The molecule has 1 atom stereocenters. The van der Waals surface area contributed by atoms with Crippen LogP contribution in [-0.4, -0.2) is 120 Å². The van der Waals surface area contributed by atoms with Gasteiger partial charge in [0.15, 0.2) is 0 Å². The van der Waals surface area contributed by atoms with E-state index in [1.165, 1.54) is 0 Å². The molecule has 0 bridgehead atoms. The number of aryl methyl sites for hydroxylation is 1. The average molecular weight is 729 g/mol. The molecule has 1 saturated heterocycles. The maximum atomic E-state index is 14.3. The quantitative estimate of drug-likeness (QED) is 0.104. The van der Waals surface area contributed by atoms with E-state index in [4.69, 9.17) is 47.7 Å². The lowest BCUT2D eigenvalue weighted by Gasteiger charge is -2.38. The van der Waals surface area contributed by atoms with Crippen LogP contribution in [0.3, 0.4) is 0 Å². The lowest BCUT2D eigenvalue weighted by atomic mass is 9.74. The van der Waals surface area contributed by atoms with Crippen LogP contribution in [-0.2, 0) is 58.2 Å². The maximum absolute atomic E-state index is 14.3. The van der Waals surface area contributed by atoms with Crippen LogP contribution < -0.4 is 10.6 Å². The second kappa shape index (κ2) is 18.8. The molecule has 15 heteroatoms. The first kappa shape index (κ1) is 38.0. The molecule has 1 spiro atoms. The number of hydrogen-bond acceptors (Lipinski definition) is 10. The third-order valence-corrected chi connectivity index (χ3v) is 10.6. The molecule has 2 aliphatic rings. The Balaban J connectivity index is 1.13.